The van der Waals surface area contributed by atoms with E-state index in [0.717, 1.165) is 4.90 Å². The third-order valence-corrected chi connectivity index (χ3v) is 17.1. The van der Waals surface area contributed by atoms with Gasteiger partial charge in [0.1, 0.15) is 24.0 Å². The lowest BCUT2D eigenvalue weighted by atomic mass is 10.1. The van der Waals surface area contributed by atoms with Crippen molar-refractivity contribution in [3.63, 3.8) is 0 Å². The first-order chi connectivity index (χ1) is 55.5. The van der Waals surface area contributed by atoms with Crippen molar-refractivity contribution in [2.24, 2.45) is 0 Å². The zero-order chi connectivity index (χ0) is 83.2. The Balaban J connectivity index is 0.742. The van der Waals surface area contributed by atoms with Crippen LogP contribution in [-0.4, -0.2) is 373 Å². The van der Waals surface area contributed by atoms with Crippen molar-refractivity contribution in [2.75, 3.05) is 265 Å². The summed E-state index contributed by atoms with van der Waals surface area (Å²) in [5.74, 6) is -6.18. The van der Waals surface area contributed by atoms with Crippen LogP contribution in [0.15, 0.2) is 44.8 Å². The maximum Gasteiger partial charge on any atom is 0.407 e. The van der Waals surface area contributed by atoms with Gasteiger partial charge in [-0.1, -0.05) is 0 Å². The molecule has 1 fully saturated rings. The summed E-state index contributed by atoms with van der Waals surface area (Å²) in [6, 6.07) is 4.94. The molecule has 115 heavy (non-hydrogen) atoms. The fraction of sp³-hybridized carbons (Fsp3) is 0.653. The number of carboxylic acid groups (broad SMARTS) is 5. The minimum absolute atomic E-state index is 0.0124. The number of fused-ring (bicyclic) bond motifs is 1. The van der Waals surface area contributed by atoms with E-state index < -0.39 is 64.2 Å². The van der Waals surface area contributed by atoms with Gasteiger partial charge in [-0.05, 0) is 69.2 Å². The number of rotatable bonds is 63. The van der Waals surface area contributed by atoms with Crippen LogP contribution >= 0.6 is 0 Å². The van der Waals surface area contributed by atoms with E-state index in [9.17, 15) is 83.1 Å². The number of nitrogens with two attached hydrogens (primary N) is 1. The van der Waals surface area contributed by atoms with Crippen molar-refractivity contribution in [2.45, 2.75) is 64.0 Å². The van der Waals surface area contributed by atoms with Crippen molar-refractivity contribution in [1.82, 2.24) is 65.7 Å². The first-order valence-corrected chi connectivity index (χ1v) is 38.3. The number of carbonyl (C=O) groups excluding carboxylic acids is 4. The largest absolute Gasteiger partial charge is 0.480 e. The average Bonchev–Trinajstić information content (AvgIpc) is 0.794. The number of carboxylic acids is 4. The van der Waals surface area contributed by atoms with Crippen LogP contribution in [-0.2, 0) is 82.7 Å². The number of hydrogen-bond acceptors (Lipinski definition) is 32. The molecule has 1 saturated heterocycles. The molecule has 0 bridgehead atoms. The predicted molar refractivity (Wildman–Crippen MR) is 415 cm³/mol. The number of aromatic amines is 1. The molecular weight excluding hydrogens is 1520 g/mol. The molecule has 4 aromatic rings. The summed E-state index contributed by atoms with van der Waals surface area (Å²) in [6.07, 6.45) is 2.96. The molecule has 0 unspecified atom stereocenters. The van der Waals surface area contributed by atoms with E-state index in [1.165, 1.54) is 18.3 Å². The molecule has 0 saturated carbocycles. The van der Waals surface area contributed by atoms with E-state index >= 15 is 0 Å². The van der Waals surface area contributed by atoms with E-state index in [1.807, 2.05) is 4.90 Å². The number of anilines is 4. The lowest BCUT2D eigenvalue weighted by Gasteiger charge is -2.32. The Labute approximate surface area is 663 Å². The van der Waals surface area contributed by atoms with Gasteiger partial charge >= 0.3 is 30.0 Å². The highest BCUT2D eigenvalue weighted by atomic mass is 16.6. The van der Waals surface area contributed by atoms with Crippen molar-refractivity contribution in [1.29, 1.82) is 0 Å². The highest BCUT2D eigenvalue weighted by Gasteiger charge is 2.25. The van der Waals surface area contributed by atoms with E-state index in [1.54, 1.807) is 26.8 Å². The number of hydrogen-bond donors (Lipinski definition) is 14. The second kappa shape index (κ2) is 57.3. The van der Waals surface area contributed by atoms with Gasteiger partial charge in [0.25, 0.3) is 22.3 Å². The molecule has 0 spiro atoms. The molecule has 43 heteroatoms. The Morgan fingerprint density at radius 1 is 0.478 bits per heavy atom. The maximum absolute atomic E-state index is 12.9. The molecule has 1 aliphatic rings. The number of benzene rings is 1. The molecule has 2 aromatic heterocycles. The van der Waals surface area contributed by atoms with Gasteiger partial charge in [0.2, 0.25) is 23.7 Å². The summed E-state index contributed by atoms with van der Waals surface area (Å²) in [7, 11) is 0. The Bertz CT molecular complexity index is 3670. The monoisotopic (exact) mass is 1630 g/mol. The minimum Gasteiger partial charge on any atom is -0.480 e. The molecule has 0 aliphatic carbocycles. The molecule has 2 aromatic carbocycles. The smallest absolute Gasteiger partial charge is 0.407 e. The van der Waals surface area contributed by atoms with Gasteiger partial charge in [0.05, 0.1) is 124 Å². The summed E-state index contributed by atoms with van der Waals surface area (Å²) in [5.41, 5.74) is 5.72. The van der Waals surface area contributed by atoms with Crippen LogP contribution in [0, 0.1) is 0 Å². The second-order valence-electron chi connectivity index (χ2n) is 26.3. The first kappa shape index (κ1) is 95.8. The van der Waals surface area contributed by atoms with Gasteiger partial charge in [-0.25, -0.2) is 19.6 Å². The number of nitrogen functional groups attached to an aromatic ring is 1. The standard InChI is InChI=1S/C72H113N17O26/c73-71-83-67-64(69(102)84-71)81-54(46-80-67)45-79-53-9-7-52(8-10-53)68(101)82-55(70(103)104)11-12-56(90)74-13-1-27-107-33-39-114-42-36-110-30-4-16-77-62-63(66(100)65(62)99)78-17-5-31-111-37-43-115-44-38-112-32-6-18-89(72(105)106)48-58(92)76-15-3-29-109-35-41-113-40-34-108-28-2-14-75-57(91)47-85-19-21-86(49-59(93)94)23-25-88(51-61(97)98)26-24-87(22-20-85)50-60(95)96/h7-10,46,55,77-79H,1-6,11-45,47-51H2,(H,74,90)(H,75,91)(H,76,92)(H,82,101)(H,93,94)(H,95,96)(H,97,98)(H,103,104)(H,105,106)(H3,73,80,83,84,102)/t55-/m0/s1. The van der Waals surface area contributed by atoms with Crippen LogP contribution in [0.4, 0.5) is 27.8 Å². The zero-order valence-corrected chi connectivity index (χ0v) is 65.0. The molecule has 5 rings (SSSR count). The summed E-state index contributed by atoms with van der Waals surface area (Å²) in [5, 5.41) is 67.4. The van der Waals surface area contributed by atoms with Gasteiger partial charge in [-0.2, -0.15) is 4.98 Å². The molecule has 1 aliphatic heterocycles. The molecule has 15 N–H and O–H groups in total. The lowest BCUT2D eigenvalue weighted by Crippen LogP contribution is -2.49. The first-order valence-electron chi connectivity index (χ1n) is 38.3. The number of carbonyl (C=O) groups is 9. The number of aromatic nitrogens is 4. The summed E-state index contributed by atoms with van der Waals surface area (Å²) < 4.78 is 50.1. The third-order valence-electron chi connectivity index (χ3n) is 17.1. The van der Waals surface area contributed by atoms with E-state index in [0.29, 0.717) is 201 Å². The Morgan fingerprint density at radius 2 is 0.870 bits per heavy atom. The van der Waals surface area contributed by atoms with Gasteiger partial charge in [0.15, 0.2) is 11.2 Å². The van der Waals surface area contributed by atoms with Gasteiger partial charge in [0, 0.05) is 149 Å². The summed E-state index contributed by atoms with van der Waals surface area (Å²) in [6.45, 7) is 9.08. The van der Waals surface area contributed by atoms with Crippen LogP contribution in [0.1, 0.15) is 67.4 Å². The summed E-state index contributed by atoms with van der Waals surface area (Å²) in [4.78, 5) is 168. The number of H-pyrrole nitrogens is 1. The molecular formula is C72H113N17O26. The summed E-state index contributed by atoms with van der Waals surface area (Å²) >= 11 is 0. The molecule has 0 radical (unpaired) electrons. The number of aliphatic carboxylic acids is 4. The van der Waals surface area contributed by atoms with Gasteiger partial charge < -0.3 is 111 Å². The van der Waals surface area contributed by atoms with Crippen LogP contribution in [0.2, 0.25) is 0 Å². The third kappa shape index (κ3) is 42.4. The minimum atomic E-state index is -1.31. The van der Waals surface area contributed by atoms with Crippen molar-refractivity contribution < 1.29 is 111 Å². The highest BCUT2D eigenvalue weighted by Crippen LogP contribution is 2.16. The van der Waals surface area contributed by atoms with Crippen molar-refractivity contribution >= 4 is 87.8 Å². The predicted octanol–water partition coefficient (Wildman–Crippen LogP) is -2.72. The van der Waals surface area contributed by atoms with Crippen LogP contribution < -0.4 is 59.4 Å². The topological polar surface area (TPSA) is 570 Å². The van der Waals surface area contributed by atoms with E-state index in [2.05, 4.69) is 57.2 Å². The van der Waals surface area contributed by atoms with E-state index in [4.69, 9.17) is 48.4 Å². The number of ether oxygens (including phenoxy) is 9. The average molecular weight is 1630 g/mol. The van der Waals surface area contributed by atoms with E-state index in [-0.39, 0.29) is 157 Å². The Morgan fingerprint density at radius 3 is 1.29 bits per heavy atom. The van der Waals surface area contributed by atoms with Crippen molar-refractivity contribution in [3.8, 4) is 0 Å². The highest BCUT2D eigenvalue weighted by molar-refractivity contribution is 5.97. The van der Waals surface area contributed by atoms with Gasteiger partial charge in [-0.15, -0.1) is 0 Å². The molecule has 3 heterocycles. The number of nitrogens with one attached hydrogen (secondary N) is 8. The second-order valence-corrected chi connectivity index (χ2v) is 26.3. The SMILES string of the molecule is Nc1nc2ncc(CNc3ccc(C(=O)N[C@@H](CCC(=O)NCCCOCCOCCOCCCNc4c(NCCCOCCOCCOCCCN(CC(=O)NCCCOCCOCCOCCCNC(=O)CN5CCN(CC(=O)O)CCN(CC(=O)O)CCN(CC(=O)O)CC5)C(=O)O)c(=O)c4=O)C(=O)O)cc3)nc2c(=O)[nH]1. The zero-order valence-electron chi connectivity index (χ0n) is 65.0. The Hall–Kier alpha value is -9.77. The van der Waals surface area contributed by atoms with Crippen LogP contribution in [0.3, 0.4) is 0 Å². The number of nitrogens with zero attached hydrogens (tertiary/aromatic N) is 8. The fourth-order valence-corrected chi connectivity index (χ4v) is 11.1. The fourth-order valence-electron chi connectivity index (χ4n) is 11.1. The Kier molecular flexibility index (Phi) is 47.7. The van der Waals surface area contributed by atoms with Gasteiger partial charge in [-0.3, -0.25) is 77.4 Å². The molecule has 43 nitrogen and oxygen atoms in total. The normalized spacial score (nSPS) is 13.6. The molecule has 642 valence electrons. The maximum atomic E-state index is 12.9. The lowest BCUT2D eigenvalue weighted by molar-refractivity contribution is -0.140. The molecule has 5 amide bonds. The quantitative estimate of drug-likeness (QED) is 0.0158. The van der Waals surface area contributed by atoms with Crippen LogP contribution in [0.25, 0.3) is 11.2 Å². The van der Waals surface area contributed by atoms with Crippen molar-refractivity contribution in [3.05, 3.63) is 72.5 Å². The number of amides is 5. The van der Waals surface area contributed by atoms with Crippen LogP contribution in [0.5, 0.6) is 0 Å². The molecule has 1 atom stereocenters.